The van der Waals surface area contributed by atoms with Gasteiger partial charge in [-0.25, -0.2) is 0 Å². The normalized spacial score (nSPS) is 32.8. The quantitative estimate of drug-likeness (QED) is 0.768. The lowest BCUT2D eigenvalue weighted by Gasteiger charge is -2.57. The minimum Gasteiger partial charge on any atom is -0.297 e. The first-order valence-corrected chi connectivity index (χ1v) is 11.1. The molecule has 4 atom stereocenters. The fourth-order valence-electron chi connectivity index (χ4n) is 5.93. The van der Waals surface area contributed by atoms with E-state index in [0.717, 1.165) is 42.9 Å². The van der Waals surface area contributed by atoms with Crippen LogP contribution in [0.3, 0.4) is 0 Å². The fraction of sp³-hybridized carbons (Fsp3) is 0.864. The van der Waals surface area contributed by atoms with Gasteiger partial charge in [-0.05, 0) is 69.4 Å². The van der Waals surface area contributed by atoms with E-state index in [0.29, 0.717) is 0 Å². The van der Waals surface area contributed by atoms with E-state index in [1.807, 2.05) is 0 Å². The number of aryl methyl sites for hydroxylation is 1. The summed E-state index contributed by atoms with van der Waals surface area (Å²) < 4.78 is 2.06. The zero-order chi connectivity index (χ0) is 18.1. The Bertz CT molecular complexity index is 580. The summed E-state index contributed by atoms with van der Waals surface area (Å²) in [4.78, 5) is 5.70. The number of hydrogen-bond donors (Lipinski definition) is 0. The van der Waals surface area contributed by atoms with Gasteiger partial charge in [0.25, 0.3) is 0 Å². The molecule has 1 aromatic heterocycles. The lowest BCUT2D eigenvalue weighted by Crippen LogP contribution is -2.63. The third-order valence-corrected chi connectivity index (χ3v) is 7.14. The van der Waals surface area contributed by atoms with Crippen molar-refractivity contribution in [2.24, 2.45) is 17.8 Å². The summed E-state index contributed by atoms with van der Waals surface area (Å²) in [5.41, 5.74) is 1.26. The maximum atomic E-state index is 4.74. The van der Waals surface area contributed by atoms with Crippen molar-refractivity contribution in [3.05, 3.63) is 18.0 Å². The van der Waals surface area contributed by atoms with Gasteiger partial charge in [0.15, 0.2) is 0 Å². The summed E-state index contributed by atoms with van der Waals surface area (Å²) in [5.74, 6) is 2.58. The molecule has 0 aliphatic carbocycles. The van der Waals surface area contributed by atoms with Gasteiger partial charge in [-0.1, -0.05) is 20.3 Å². The molecule has 3 aliphatic heterocycles. The molecule has 0 saturated carbocycles. The molecule has 146 valence electrons. The van der Waals surface area contributed by atoms with Crippen molar-refractivity contribution in [3.8, 4) is 0 Å². The number of fused-ring (bicyclic) bond motifs is 4. The average Bonchev–Trinajstić information content (AvgIpc) is 3.09. The topological polar surface area (TPSA) is 24.3 Å². The second-order valence-corrected chi connectivity index (χ2v) is 9.45. The highest BCUT2D eigenvalue weighted by Crippen LogP contribution is 2.42. The second kappa shape index (κ2) is 8.02. The lowest BCUT2D eigenvalue weighted by atomic mass is 9.71. The molecule has 0 unspecified atom stereocenters. The first kappa shape index (κ1) is 18.5. The number of aromatic nitrogens is 2. The van der Waals surface area contributed by atoms with Crippen LogP contribution < -0.4 is 0 Å². The van der Waals surface area contributed by atoms with Crippen LogP contribution in [0.4, 0.5) is 0 Å². The average molecular weight is 359 g/mol. The Labute approximate surface area is 159 Å². The van der Waals surface area contributed by atoms with Gasteiger partial charge >= 0.3 is 0 Å². The van der Waals surface area contributed by atoms with Crippen LogP contribution in [0.25, 0.3) is 0 Å². The van der Waals surface area contributed by atoms with E-state index in [9.17, 15) is 0 Å². The summed E-state index contributed by atoms with van der Waals surface area (Å²) >= 11 is 0. The van der Waals surface area contributed by atoms with Gasteiger partial charge in [0, 0.05) is 44.5 Å². The summed E-state index contributed by atoms with van der Waals surface area (Å²) in [6.45, 7) is 12.9. The van der Waals surface area contributed by atoms with E-state index in [-0.39, 0.29) is 0 Å². The Hall–Kier alpha value is -0.870. The molecular formula is C22H38N4. The van der Waals surface area contributed by atoms with E-state index < -0.39 is 0 Å². The Balaban J connectivity index is 1.47. The standard InChI is InChI=1S/C22H38N4/c1-4-25-12-10-20(23-25)16-24-14-18-13-19(15-24)22(9-8-17(2)3)26-11-6-5-7-21(18)26/h10,12,17-19,21-22H,4-9,11,13-16H2,1-3H3/t18-,19+,21+,22+/m1/s1. The molecule has 4 heteroatoms. The Morgan fingerprint density at radius 2 is 2.04 bits per heavy atom. The molecule has 1 aromatic rings. The second-order valence-electron chi connectivity index (χ2n) is 9.45. The highest BCUT2D eigenvalue weighted by molar-refractivity contribution is 5.04. The van der Waals surface area contributed by atoms with Crippen molar-refractivity contribution in [2.75, 3.05) is 19.6 Å². The molecule has 3 aliphatic rings. The molecular weight excluding hydrogens is 320 g/mol. The number of likely N-dealkylation sites (tertiary alicyclic amines) is 1. The number of rotatable bonds is 6. The Morgan fingerprint density at radius 1 is 1.19 bits per heavy atom. The third kappa shape index (κ3) is 3.87. The largest absolute Gasteiger partial charge is 0.297 e. The molecule has 4 nitrogen and oxygen atoms in total. The molecule has 4 heterocycles. The van der Waals surface area contributed by atoms with Crippen molar-refractivity contribution in [2.45, 2.75) is 84.5 Å². The molecule has 0 N–H and O–H groups in total. The minimum atomic E-state index is 0.827. The van der Waals surface area contributed by atoms with Gasteiger partial charge < -0.3 is 0 Å². The van der Waals surface area contributed by atoms with E-state index in [4.69, 9.17) is 5.10 Å². The molecule has 0 radical (unpaired) electrons. The minimum absolute atomic E-state index is 0.827. The van der Waals surface area contributed by atoms with Gasteiger partial charge in [0.1, 0.15) is 0 Å². The first-order valence-electron chi connectivity index (χ1n) is 11.1. The van der Waals surface area contributed by atoms with Crippen molar-refractivity contribution in [1.29, 1.82) is 0 Å². The molecule has 0 aromatic carbocycles. The van der Waals surface area contributed by atoms with Crippen LogP contribution in [0.1, 0.15) is 65.0 Å². The maximum absolute atomic E-state index is 4.74. The molecule has 4 rings (SSSR count). The summed E-state index contributed by atoms with van der Waals surface area (Å²) in [5, 5.41) is 4.74. The van der Waals surface area contributed by atoms with Crippen LogP contribution >= 0.6 is 0 Å². The molecule has 0 spiro atoms. The summed E-state index contributed by atoms with van der Waals surface area (Å²) in [6, 6.07) is 3.90. The zero-order valence-corrected chi connectivity index (χ0v) is 17.1. The van der Waals surface area contributed by atoms with Crippen molar-refractivity contribution in [3.63, 3.8) is 0 Å². The molecule has 3 saturated heterocycles. The summed E-state index contributed by atoms with van der Waals surface area (Å²) in [6.07, 6.45) is 10.7. The van der Waals surface area contributed by atoms with Crippen molar-refractivity contribution >= 4 is 0 Å². The molecule has 2 bridgehead atoms. The predicted octanol–water partition coefficient (Wildman–Crippen LogP) is 4.01. The smallest absolute Gasteiger partial charge is 0.0764 e. The number of nitrogens with zero attached hydrogens (tertiary/aromatic N) is 4. The molecule has 3 fully saturated rings. The van der Waals surface area contributed by atoms with Crippen LogP contribution in [-0.2, 0) is 13.1 Å². The van der Waals surface area contributed by atoms with E-state index in [1.54, 1.807) is 0 Å². The molecule has 26 heavy (non-hydrogen) atoms. The van der Waals surface area contributed by atoms with Crippen molar-refractivity contribution < 1.29 is 0 Å². The van der Waals surface area contributed by atoms with Gasteiger partial charge in [-0.3, -0.25) is 14.5 Å². The third-order valence-electron chi connectivity index (χ3n) is 7.14. The zero-order valence-electron chi connectivity index (χ0n) is 17.1. The SMILES string of the molecule is CCn1ccc(CN2C[C@H]3C[C@@H](C2)[C@H](CCC(C)C)N2CCCC[C@@H]32)n1. The Kier molecular flexibility index (Phi) is 5.70. The van der Waals surface area contributed by atoms with Gasteiger partial charge in [0.05, 0.1) is 5.69 Å². The first-order chi connectivity index (χ1) is 12.6. The molecule has 0 amide bonds. The lowest BCUT2D eigenvalue weighted by molar-refractivity contribution is -0.0769. The number of piperidine rings is 3. The van der Waals surface area contributed by atoms with Crippen molar-refractivity contribution in [1.82, 2.24) is 19.6 Å². The van der Waals surface area contributed by atoms with Gasteiger partial charge in [0.2, 0.25) is 0 Å². The van der Waals surface area contributed by atoms with E-state index >= 15 is 0 Å². The van der Waals surface area contributed by atoms with Crippen LogP contribution in [0.15, 0.2) is 12.3 Å². The van der Waals surface area contributed by atoms with Crippen LogP contribution in [0.2, 0.25) is 0 Å². The van der Waals surface area contributed by atoms with Crippen LogP contribution in [0, 0.1) is 17.8 Å². The predicted molar refractivity (Wildman–Crippen MR) is 107 cm³/mol. The van der Waals surface area contributed by atoms with E-state index in [2.05, 4.69) is 47.5 Å². The van der Waals surface area contributed by atoms with Gasteiger partial charge in [-0.2, -0.15) is 5.10 Å². The van der Waals surface area contributed by atoms with Crippen LogP contribution in [-0.4, -0.2) is 51.3 Å². The van der Waals surface area contributed by atoms with Gasteiger partial charge in [-0.15, -0.1) is 0 Å². The monoisotopic (exact) mass is 358 g/mol. The summed E-state index contributed by atoms with van der Waals surface area (Å²) in [7, 11) is 0. The van der Waals surface area contributed by atoms with E-state index in [1.165, 1.54) is 63.9 Å². The Morgan fingerprint density at radius 3 is 2.81 bits per heavy atom. The number of hydrogen-bond acceptors (Lipinski definition) is 3. The fourth-order valence-corrected chi connectivity index (χ4v) is 5.93. The highest BCUT2D eigenvalue weighted by atomic mass is 15.3. The highest BCUT2D eigenvalue weighted by Gasteiger charge is 2.46. The van der Waals surface area contributed by atoms with Crippen LogP contribution in [0.5, 0.6) is 0 Å². The maximum Gasteiger partial charge on any atom is 0.0764 e.